The number of hydrogen-bond donors (Lipinski definition) is 1. The van der Waals surface area contributed by atoms with Crippen LogP contribution in [0.1, 0.15) is 5.56 Å². The lowest BCUT2D eigenvalue weighted by molar-refractivity contribution is -0.130. The average Bonchev–Trinajstić information content (AvgIpc) is 2.88. The lowest BCUT2D eigenvalue weighted by atomic mass is 10.1. The van der Waals surface area contributed by atoms with Gasteiger partial charge in [0, 0.05) is 36.8 Å². The second-order valence-corrected chi connectivity index (χ2v) is 9.19. The highest BCUT2D eigenvalue weighted by atomic mass is 35.5. The Morgan fingerprint density at radius 3 is 2.47 bits per heavy atom. The van der Waals surface area contributed by atoms with Crippen molar-refractivity contribution in [1.29, 1.82) is 0 Å². The molecule has 1 amide bonds. The van der Waals surface area contributed by atoms with Crippen molar-refractivity contribution >= 4 is 52.0 Å². The fourth-order valence-corrected chi connectivity index (χ4v) is 4.66. The van der Waals surface area contributed by atoms with Crippen LogP contribution in [0.15, 0.2) is 48.7 Å². The molecule has 2 N–H and O–H groups in total. The molecule has 0 atom stereocenters. The molecule has 2 aromatic carbocycles. The normalized spacial score (nSPS) is 13.8. The molecule has 0 unspecified atom stereocenters. The summed E-state index contributed by atoms with van der Waals surface area (Å²) in [6.45, 7) is 2.30. The number of fused-ring (bicyclic) bond motifs is 1. The van der Waals surface area contributed by atoms with Crippen molar-refractivity contribution < 1.29 is 9.53 Å². The first kappa shape index (κ1) is 24.0. The number of benzene rings is 2. The van der Waals surface area contributed by atoms with Gasteiger partial charge in [-0.3, -0.25) is 4.79 Å². The van der Waals surface area contributed by atoms with E-state index in [1.807, 2.05) is 29.2 Å². The topological polar surface area (TPSA) is 110 Å². The number of nitrogens with zero attached hydrogens (tertiary/aromatic N) is 6. The second-order valence-electron chi connectivity index (χ2n) is 8.35. The highest BCUT2D eigenvalue weighted by Gasteiger charge is 2.25. The van der Waals surface area contributed by atoms with Crippen LogP contribution in [-0.4, -0.2) is 64.0 Å². The molecular formula is C25H23Cl2N7O2. The molecule has 0 radical (unpaired) electrons. The molecule has 11 heteroatoms. The zero-order valence-electron chi connectivity index (χ0n) is 19.5. The Labute approximate surface area is 217 Å². The summed E-state index contributed by atoms with van der Waals surface area (Å²) in [6.07, 6.45) is 1.98. The number of hydrogen-bond acceptors (Lipinski definition) is 8. The van der Waals surface area contributed by atoms with Crippen LogP contribution in [0, 0.1) is 0 Å². The van der Waals surface area contributed by atoms with E-state index in [1.54, 1.807) is 31.5 Å². The van der Waals surface area contributed by atoms with Crippen LogP contribution in [-0.2, 0) is 11.2 Å². The molecule has 1 saturated heterocycles. The predicted molar refractivity (Wildman–Crippen MR) is 140 cm³/mol. The van der Waals surface area contributed by atoms with Gasteiger partial charge in [0.1, 0.15) is 5.75 Å². The summed E-state index contributed by atoms with van der Waals surface area (Å²) in [6, 6.07) is 12.7. The molecular weight excluding hydrogens is 501 g/mol. The van der Waals surface area contributed by atoms with Gasteiger partial charge in [0.2, 0.25) is 11.9 Å². The van der Waals surface area contributed by atoms with Crippen LogP contribution in [0.25, 0.3) is 22.4 Å². The van der Waals surface area contributed by atoms with E-state index in [4.69, 9.17) is 33.7 Å². The molecule has 0 saturated carbocycles. The summed E-state index contributed by atoms with van der Waals surface area (Å²) in [5.74, 6) is 1.55. The third-order valence-electron chi connectivity index (χ3n) is 6.06. The van der Waals surface area contributed by atoms with E-state index in [9.17, 15) is 4.79 Å². The number of halogens is 2. The number of methoxy groups -OCH3 is 1. The van der Waals surface area contributed by atoms with Gasteiger partial charge in [0.25, 0.3) is 0 Å². The number of nitrogens with two attached hydrogens (primary N) is 1. The second kappa shape index (κ2) is 10.1. The van der Waals surface area contributed by atoms with E-state index < -0.39 is 0 Å². The molecule has 1 aliphatic rings. The van der Waals surface area contributed by atoms with Crippen molar-refractivity contribution in [3.05, 3.63) is 64.3 Å². The van der Waals surface area contributed by atoms with Crippen LogP contribution >= 0.6 is 23.2 Å². The Morgan fingerprint density at radius 2 is 1.78 bits per heavy atom. The summed E-state index contributed by atoms with van der Waals surface area (Å²) < 4.78 is 5.18. The first-order valence-electron chi connectivity index (χ1n) is 11.3. The van der Waals surface area contributed by atoms with Gasteiger partial charge in [-0.05, 0) is 35.9 Å². The Kier molecular flexibility index (Phi) is 6.75. The van der Waals surface area contributed by atoms with Crippen molar-refractivity contribution in [1.82, 2.24) is 24.8 Å². The van der Waals surface area contributed by atoms with Gasteiger partial charge in [-0.25, -0.2) is 9.97 Å². The standard InChI is InChI=1S/C25H23Cl2N7O2/c1-36-17-5-2-15(3-6-17)12-21(35)33-8-10-34(11-9-33)24-22-23(31-25(28)32-24)30-20(14-29-22)18-7-4-16(26)13-19(18)27/h2-7,13-14H,8-12H2,1H3,(H2,28,30,31,32). The van der Waals surface area contributed by atoms with Crippen LogP contribution < -0.4 is 15.4 Å². The summed E-state index contributed by atoms with van der Waals surface area (Å²) >= 11 is 12.4. The summed E-state index contributed by atoms with van der Waals surface area (Å²) in [5, 5.41) is 1.00. The SMILES string of the molecule is COc1ccc(CC(=O)N2CCN(c3nc(N)nc4nc(-c5ccc(Cl)cc5Cl)cnc34)CC2)cc1. The fourth-order valence-electron chi connectivity index (χ4n) is 4.15. The number of rotatable bonds is 5. The number of aromatic nitrogens is 4. The molecule has 9 nitrogen and oxygen atoms in total. The number of carbonyl (C=O) groups is 1. The molecule has 5 rings (SSSR count). The van der Waals surface area contributed by atoms with Crippen molar-refractivity contribution in [2.75, 3.05) is 43.9 Å². The van der Waals surface area contributed by atoms with Crippen LogP contribution in [0.5, 0.6) is 5.75 Å². The number of ether oxygens (including phenoxy) is 1. The zero-order chi connectivity index (χ0) is 25.2. The molecule has 0 spiro atoms. The Hall–Kier alpha value is -3.69. The monoisotopic (exact) mass is 523 g/mol. The minimum absolute atomic E-state index is 0.0798. The Balaban J connectivity index is 1.32. The lowest BCUT2D eigenvalue weighted by Gasteiger charge is -2.35. The van der Waals surface area contributed by atoms with Gasteiger partial charge in [0.05, 0.1) is 30.4 Å². The largest absolute Gasteiger partial charge is 0.497 e. The summed E-state index contributed by atoms with van der Waals surface area (Å²) in [4.78, 5) is 34.7. The molecule has 184 valence electrons. The summed E-state index contributed by atoms with van der Waals surface area (Å²) in [7, 11) is 1.62. The number of anilines is 2. The van der Waals surface area contributed by atoms with Gasteiger partial charge in [-0.1, -0.05) is 35.3 Å². The minimum Gasteiger partial charge on any atom is -0.497 e. The highest BCUT2D eigenvalue weighted by Crippen LogP contribution is 2.31. The van der Waals surface area contributed by atoms with E-state index in [1.165, 1.54) is 0 Å². The third-order valence-corrected chi connectivity index (χ3v) is 6.61. The molecule has 0 aliphatic carbocycles. The Morgan fingerprint density at radius 1 is 1.03 bits per heavy atom. The minimum atomic E-state index is 0.0798. The zero-order valence-corrected chi connectivity index (χ0v) is 21.0. The Bertz CT molecular complexity index is 1420. The van der Waals surface area contributed by atoms with Crippen molar-refractivity contribution in [2.24, 2.45) is 0 Å². The van der Waals surface area contributed by atoms with Crippen molar-refractivity contribution in [3.63, 3.8) is 0 Å². The fraction of sp³-hybridized carbons (Fsp3) is 0.240. The molecule has 3 heterocycles. The molecule has 36 heavy (non-hydrogen) atoms. The highest BCUT2D eigenvalue weighted by molar-refractivity contribution is 6.36. The van der Waals surface area contributed by atoms with E-state index in [0.717, 1.165) is 11.3 Å². The molecule has 4 aromatic rings. The molecule has 0 bridgehead atoms. The van der Waals surface area contributed by atoms with Gasteiger partial charge in [-0.2, -0.15) is 9.97 Å². The van der Waals surface area contributed by atoms with Gasteiger partial charge >= 0.3 is 0 Å². The average molecular weight is 524 g/mol. The quantitative estimate of drug-likeness (QED) is 0.419. The van der Waals surface area contributed by atoms with Crippen LogP contribution in [0.4, 0.5) is 11.8 Å². The van der Waals surface area contributed by atoms with Gasteiger partial charge < -0.3 is 20.3 Å². The third kappa shape index (κ3) is 4.98. The van der Waals surface area contributed by atoms with Gasteiger partial charge in [-0.15, -0.1) is 0 Å². The maximum atomic E-state index is 12.8. The van der Waals surface area contributed by atoms with Crippen molar-refractivity contribution in [3.8, 4) is 17.0 Å². The molecule has 1 aliphatic heterocycles. The maximum Gasteiger partial charge on any atom is 0.227 e. The maximum absolute atomic E-state index is 12.8. The number of amides is 1. The number of carbonyl (C=O) groups excluding carboxylic acids is 1. The van der Waals surface area contributed by atoms with Gasteiger partial charge in [0.15, 0.2) is 17.0 Å². The van der Waals surface area contributed by atoms with E-state index in [0.29, 0.717) is 70.9 Å². The van der Waals surface area contributed by atoms with Crippen molar-refractivity contribution in [2.45, 2.75) is 6.42 Å². The van der Waals surface area contributed by atoms with E-state index in [2.05, 4.69) is 24.8 Å². The predicted octanol–water partition coefficient (Wildman–Crippen LogP) is 3.88. The van der Waals surface area contributed by atoms with E-state index >= 15 is 0 Å². The number of piperazine rings is 1. The molecule has 1 fully saturated rings. The van der Waals surface area contributed by atoms with Crippen LogP contribution in [0.3, 0.4) is 0 Å². The van der Waals surface area contributed by atoms with E-state index in [-0.39, 0.29) is 11.9 Å². The smallest absolute Gasteiger partial charge is 0.227 e. The molecule has 2 aromatic heterocycles. The summed E-state index contributed by atoms with van der Waals surface area (Å²) in [5.41, 5.74) is 9.13. The first-order chi connectivity index (χ1) is 17.4. The lowest BCUT2D eigenvalue weighted by Crippen LogP contribution is -2.49. The first-order valence-corrected chi connectivity index (χ1v) is 12.1. The van der Waals surface area contributed by atoms with Crippen LogP contribution in [0.2, 0.25) is 10.0 Å². The number of nitrogen functional groups attached to an aromatic ring is 1.